The standard InChI is InChI=1S/C9H12N/c1-7(2)8-4-3-5-9(10)6-8/h3-5,7H,10H2,1-2H3. The Hall–Kier alpha value is -0.980. The number of hydrogen-bond acceptors (Lipinski definition) is 1. The topological polar surface area (TPSA) is 26.0 Å². The number of rotatable bonds is 1. The lowest BCUT2D eigenvalue weighted by Crippen LogP contribution is -1.90. The van der Waals surface area contributed by atoms with Crippen molar-refractivity contribution in [3.05, 3.63) is 29.8 Å². The molecule has 0 aliphatic carbocycles. The van der Waals surface area contributed by atoms with Crippen molar-refractivity contribution in [3.63, 3.8) is 0 Å². The molecule has 0 atom stereocenters. The van der Waals surface area contributed by atoms with Gasteiger partial charge in [-0.25, -0.2) is 0 Å². The third-order valence-corrected chi connectivity index (χ3v) is 1.46. The van der Waals surface area contributed by atoms with Crippen molar-refractivity contribution >= 4 is 5.69 Å². The van der Waals surface area contributed by atoms with Crippen molar-refractivity contribution in [1.82, 2.24) is 0 Å². The number of anilines is 1. The molecule has 0 amide bonds. The second-order valence-corrected chi connectivity index (χ2v) is 2.72. The van der Waals surface area contributed by atoms with Crippen molar-refractivity contribution in [3.8, 4) is 0 Å². The normalized spacial score (nSPS) is 10.3. The molecule has 1 rings (SSSR count). The summed E-state index contributed by atoms with van der Waals surface area (Å²) in [5.41, 5.74) is 7.45. The molecule has 10 heavy (non-hydrogen) atoms. The maximum atomic E-state index is 5.54. The summed E-state index contributed by atoms with van der Waals surface area (Å²) < 4.78 is 0. The molecule has 0 aromatic heterocycles. The lowest BCUT2D eigenvalue weighted by atomic mass is 10.0. The van der Waals surface area contributed by atoms with Crippen LogP contribution in [0.3, 0.4) is 0 Å². The maximum absolute atomic E-state index is 5.54. The number of hydrogen-bond donors (Lipinski definition) is 1. The Morgan fingerprint density at radius 1 is 1.40 bits per heavy atom. The highest BCUT2D eigenvalue weighted by molar-refractivity contribution is 5.39. The first-order chi connectivity index (χ1) is 4.70. The molecule has 1 aromatic rings. The van der Waals surface area contributed by atoms with E-state index in [-0.39, 0.29) is 0 Å². The second-order valence-electron chi connectivity index (χ2n) is 2.72. The summed E-state index contributed by atoms with van der Waals surface area (Å²) in [6.07, 6.45) is 0. The Balaban J connectivity index is 2.96. The fraction of sp³-hybridized carbons (Fsp3) is 0.333. The Bertz CT molecular complexity index is 216. The van der Waals surface area contributed by atoms with Crippen molar-refractivity contribution in [2.75, 3.05) is 5.73 Å². The molecular weight excluding hydrogens is 122 g/mol. The number of benzene rings is 1. The van der Waals surface area contributed by atoms with Gasteiger partial charge in [0.1, 0.15) is 0 Å². The monoisotopic (exact) mass is 134 g/mol. The van der Waals surface area contributed by atoms with Gasteiger partial charge >= 0.3 is 0 Å². The van der Waals surface area contributed by atoms with Crippen LogP contribution in [0.2, 0.25) is 0 Å². The molecule has 0 aliphatic heterocycles. The van der Waals surface area contributed by atoms with Crippen molar-refractivity contribution in [1.29, 1.82) is 0 Å². The van der Waals surface area contributed by atoms with Crippen molar-refractivity contribution < 1.29 is 0 Å². The van der Waals surface area contributed by atoms with E-state index in [0.29, 0.717) is 5.92 Å². The molecule has 53 valence electrons. The zero-order valence-corrected chi connectivity index (χ0v) is 6.39. The third kappa shape index (κ3) is 1.50. The Kier molecular flexibility index (Phi) is 1.95. The molecule has 0 bridgehead atoms. The van der Waals surface area contributed by atoms with Crippen LogP contribution >= 0.6 is 0 Å². The van der Waals surface area contributed by atoms with E-state index in [0.717, 1.165) is 5.69 Å². The summed E-state index contributed by atoms with van der Waals surface area (Å²) in [5, 5.41) is 0. The summed E-state index contributed by atoms with van der Waals surface area (Å²) in [6, 6.07) is 8.94. The van der Waals surface area contributed by atoms with E-state index in [2.05, 4.69) is 19.9 Å². The molecule has 0 heterocycles. The van der Waals surface area contributed by atoms with Crippen molar-refractivity contribution in [2.45, 2.75) is 19.8 Å². The molecule has 1 radical (unpaired) electrons. The Morgan fingerprint density at radius 2 is 2.10 bits per heavy atom. The zero-order chi connectivity index (χ0) is 7.56. The smallest absolute Gasteiger partial charge is 0.0397 e. The van der Waals surface area contributed by atoms with Crippen LogP contribution in [0.4, 0.5) is 5.69 Å². The van der Waals surface area contributed by atoms with Gasteiger partial charge in [0.05, 0.1) is 0 Å². The van der Waals surface area contributed by atoms with Gasteiger partial charge in [-0.05, 0) is 17.5 Å². The highest BCUT2D eigenvalue weighted by Gasteiger charge is 1.97. The minimum Gasteiger partial charge on any atom is -0.398 e. The van der Waals surface area contributed by atoms with Crippen LogP contribution in [0.15, 0.2) is 18.2 Å². The SMILES string of the molecule is CC(C)c1[c]c(N)ccc1. The summed E-state index contributed by atoms with van der Waals surface area (Å²) in [4.78, 5) is 0. The first-order valence-corrected chi connectivity index (χ1v) is 3.48. The minimum absolute atomic E-state index is 0.517. The second kappa shape index (κ2) is 2.74. The van der Waals surface area contributed by atoms with Crippen LogP contribution in [-0.4, -0.2) is 0 Å². The van der Waals surface area contributed by atoms with Gasteiger partial charge in [-0.2, -0.15) is 0 Å². The van der Waals surface area contributed by atoms with Gasteiger partial charge in [0, 0.05) is 11.8 Å². The number of nitrogens with two attached hydrogens (primary N) is 1. The van der Waals surface area contributed by atoms with E-state index in [4.69, 9.17) is 5.73 Å². The molecule has 1 nitrogen and oxygen atoms in total. The van der Waals surface area contributed by atoms with Crippen LogP contribution in [0.25, 0.3) is 0 Å². The van der Waals surface area contributed by atoms with Gasteiger partial charge in [0.2, 0.25) is 0 Å². The average Bonchev–Trinajstić information content (AvgIpc) is 1.88. The van der Waals surface area contributed by atoms with E-state index in [1.807, 2.05) is 18.2 Å². The zero-order valence-electron chi connectivity index (χ0n) is 6.39. The van der Waals surface area contributed by atoms with Crippen LogP contribution < -0.4 is 5.73 Å². The predicted molar refractivity (Wildman–Crippen MR) is 43.8 cm³/mol. The van der Waals surface area contributed by atoms with Crippen LogP contribution in [0.5, 0.6) is 0 Å². The molecule has 1 aromatic carbocycles. The largest absolute Gasteiger partial charge is 0.398 e. The fourth-order valence-electron chi connectivity index (χ4n) is 0.842. The van der Waals surface area contributed by atoms with Gasteiger partial charge in [0.15, 0.2) is 0 Å². The molecule has 0 saturated carbocycles. The van der Waals surface area contributed by atoms with E-state index >= 15 is 0 Å². The summed E-state index contributed by atoms with van der Waals surface area (Å²) in [6.45, 7) is 4.26. The summed E-state index contributed by atoms with van der Waals surface area (Å²) >= 11 is 0. The quantitative estimate of drug-likeness (QED) is 0.585. The van der Waals surface area contributed by atoms with E-state index < -0.39 is 0 Å². The molecule has 0 aliphatic rings. The molecule has 0 saturated heterocycles. The Labute approximate surface area is 61.9 Å². The summed E-state index contributed by atoms with van der Waals surface area (Å²) in [7, 11) is 0. The highest BCUT2D eigenvalue weighted by atomic mass is 14.5. The minimum atomic E-state index is 0.517. The highest BCUT2D eigenvalue weighted by Crippen LogP contribution is 2.14. The molecule has 0 fully saturated rings. The van der Waals surface area contributed by atoms with Gasteiger partial charge in [-0.3, -0.25) is 0 Å². The fourth-order valence-corrected chi connectivity index (χ4v) is 0.842. The molecule has 0 spiro atoms. The first-order valence-electron chi connectivity index (χ1n) is 3.48. The number of nitrogen functional groups attached to an aromatic ring is 1. The first kappa shape index (κ1) is 7.13. The van der Waals surface area contributed by atoms with E-state index in [9.17, 15) is 0 Å². The molecule has 0 unspecified atom stereocenters. The summed E-state index contributed by atoms with van der Waals surface area (Å²) in [5.74, 6) is 0.517. The van der Waals surface area contributed by atoms with Gasteiger partial charge < -0.3 is 5.73 Å². The van der Waals surface area contributed by atoms with Crippen LogP contribution in [-0.2, 0) is 0 Å². The molecule has 2 N–H and O–H groups in total. The Morgan fingerprint density at radius 3 is 2.50 bits per heavy atom. The lowest BCUT2D eigenvalue weighted by molar-refractivity contribution is 0.865. The molecular formula is C9H12N. The van der Waals surface area contributed by atoms with Crippen LogP contribution in [0, 0.1) is 6.07 Å². The van der Waals surface area contributed by atoms with E-state index in [1.165, 1.54) is 5.56 Å². The van der Waals surface area contributed by atoms with Gasteiger partial charge in [-0.1, -0.05) is 26.0 Å². The third-order valence-electron chi connectivity index (χ3n) is 1.46. The maximum Gasteiger partial charge on any atom is 0.0397 e. The predicted octanol–water partition coefficient (Wildman–Crippen LogP) is 2.19. The van der Waals surface area contributed by atoms with Gasteiger partial charge in [0.25, 0.3) is 0 Å². The van der Waals surface area contributed by atoms with Gasteiger partial charge in [-0.15, -0.1) is 0 Å². The van der Waals surface area contributed by atoms with Crippen molar-refractivity contribution in [2.24, 2.45) is 0 Å². The molecule has 1 heteroatoms. The average molecular weight is 134 g/mol. The van der Waals surface area contributed by atoms with Crippen LogP contribution in [0.1, 0.15) is 25.3 Å². The lowest BCUT2D eigenvalue weighted by Gasteiger charge is -2.03. The van der Waals surface area contributed by atoms with E-state index in [1.54, 1.807) is 0 Å².